The number of rotatable bonds is 2. The highest BCUT2D eigenvalue weighted by molar-refractivity contribution is 5.61. The van der Waals surface area contributed by atoms with E-state index in [0.717, 1.165) is 11.3 Å². The molecule has 16 heavy (non-hydrogen) atoms. The number of hydrogen-bond donors (Lipinski definition) is 2. The molecule has 2 rings (SSSR count). The SMILES string of the molecule is CC(C)n1[nH]c(=O)cc1-c1cccc(O)c1. The Bertz CT molecular complexity index is 552. The van der Waals surface area contributed by atoms with Crippen LogP contribution in [0.1, 0.15) is 19.9 Å². The molecule has 1 heterocycles. The smallest absolute Gasteiger partial charge is 0.264 e. The summed E-state index contributed by atoms with van der Waals surface area (Å²) in [4.78, 5) is 11.3. The number of phenolic OH excluding ortho intramolecular Hbond substituents is 1. The first-order valence-corrected chi connectivity index (χ1v) is 5.19. The number of phenols is 1. The predicted octanol–water partition coefficient (Wildman–Crippen LogP) is 2.13. The number of aromatic amines is 1. The molecule has 0 saturated carbocycles. The van der Waals surface area contributed by atoms with Crippen LogP contribution in [0.3, 0.4) is 0 Å². The molecule has 2 aromatic rings. The van der Waals surface area contributed by atoms with Crippen molar-refractivity contribution in [1.82, 2.24) is 9.78 Å². The Balaban J connectivity index is 2.59. The van der Waals surface area contributed by atoms with Crippen LogP contribution in [0.2, 0.25) is 0 Å². The second-order valence-corrected chi connectivity index (χ2v) is 4.02. The Kier molecular flexibility index (Phi) is 2.56. The van der Waals surface area contributed by atoms with Gasteiger partial charge in [0.05, 0.1) is 5.69 Å². The molecule has 1 aromatic heterocycles. The van der Waals surface area contributed by atoms with E-state index in [1.165, 1.54) is 6.07 Å². The minimum absolute atomic E-state index is 0.132. The van der Waals surface area contributed by atoms with Gasteiger partial charge in [-0.15, -0.1) is 0 Å². The fourth-order valence-electron chi connectivity index (χ4n) is 1.70. The van der Waals surface area contributed by atoms with E-state index in [1.54, 1.807) is 22.9 Å². The van der Waals surface area contributed by atoms with Crippen LogP contribution in [0.15, 0.2) is 35.1 Å². The van der Waals surface area contributed by atoms with Crippen molar-refractivity contribution in [2.24, 2.45) is 0 Å². The number of aromatic nitrogens is 2. The molecule has 0 aliphatic heterocycles. The van der Waals surface area contributed by atoms with Gasteiger partial charge in [-0.25, -0.2) is 0 Å². The molecule has 0 spiro atoms. The quantitative estimate of drug-likeness (QED) is 0.811. The number of nitrogens with zero attached hydrogens (tertiary/aromatic N) is 1. The van der Waals surface area contributed by atoms with Crippen LogP contribution in [-0.2, 0) is 0 Å². The van der Waals surface area contributed by atoms with Crippen LogP contribution in [-0.4, -0.2) is 14.9 Å². The molecule has 0 amide bonds. The Labute approximate surface area is 93.1 Å². The molecule has 1 aromatic carbocycles. The highest BCUT2D eigenvalue weighted by atomic mass is 16.3. The van der Waals surface area contributed by atoms with E-state index in [2.05, 4.69) is 5.10 Å². The Morgan fingerprint density at radius 2 is 2.06 bits per heavy atom. The zero-order valence-electron chi connectivity index (χ0n) is 9.27. The molecule has 0 aliphatic rings. The van der Waals surface area contributed by atoms with Gasteiger partial charge >= 0.3 is 0 Å². The average molecular weight is 218 g/mol. The van der Waals surface area contributed by atoms with Crippen molar-refractivity contribution in [3.8, 4) is 17.0 Å². The number of nitrogens with one attached hydrogen (secondary N) is 1. The minimum atomic E-state index is -0.132. The van der Waals surface area contributed by atoms with Crippen molar-refractivity contribution in [2.45, 2.75) is 19.9 Å². The standard InChI is InChI=1S/C12H14N2O2/c1-8(2)14-11(7-12(16)13-14)9-4-3-5-10(15)6-9/h3-8,15H,1-2H3,(H,13,16). The molecule has 0 bridgehead atoms. The maximum absolute atomic E-state index is 11.3. The highest BCUT2D eigenvalue weighted by Gasteiger charge is 2.09. The van der Waals surface area contributed by atoms with E-state index in [0.29, 0.717) is 0 Å². The Morgan fingerprint density at radius 3 is 2.69 bits per heavy atom. The number of H-pyrrole nitrogens is 1. The lowest BCUT2D eigenvalue weighted by Gasteiger charge is -2.11. The van der Waals surface area contributed by atoms with Crippen molar-refractivity contribution in [3.05, 3.63) is 40.7 Å². The van der Waals surface area contributed by atoms with Gasteiger partial charge in [0.2, 0.25) is 0 Å². The Hall–Kier alpha value is -1.97. The van der Waals surface area contributed by atoms with Gasteiger partial charge in [0.1, 0.15) is 5.75 Å². The largest absolute Gasteiger partial charge is 0.508 e. The maximum atomic E-state index is 11.3. The number of benzene rings is 1. The fraction of sp³-hybridized carbons (Fsp3) is 0.250. The lowest BCUT2D eigenvalue weighted by Crippen LogP contribution is -2.08. The summed E-state index contributed by atoms with van der Waals surface area (Å²) in [6.07, 6.45) is 0. The third-order valence-electron chi connectivity index (χ3n) is 2.42. The zero-order chi connectivity index (χ0) is 11.7. The topological polar surface area (TPSA) is 58.0 Å². The molecule has 0 aliphatic carbocycles. The van der Waals surface area contributed by atoms with Crippen molar-refractivity contribution >= 4 is 0 Å². The van der Waals surface area contributed by atoms with Gasteiger partial charge in [-0.1, -0.05) is 12.1 Å². The maximum Gasteiger partial charge on any atom is 0.264 e. The molecule has 0 atom stereocenters. The van der Waals surface area contributed by atoms with E-state index in [-0.39, 0.29) is 17.4 Å². The summed E-state index contributed by atoms with van der Waals surface area (Å²) in [5, 5.41) is 12.2. The fourth-order valence-corrected chi connectivity index (χ4v) is 1.70. The molecule has 0 fully saturated rings. The summed E-state index contributed by atoms with van der Waals surface area (Å²) >= 11 is 0. The highest BCUT2D eigenvalue weighted by Crippen LogP contribution is 2.23. The second kappa shape index (κ2) is 3.89. The van der Waals surface area contributed by atoms with Crippen LogP contribution in [0.25, 0.3) is 11.3 Å². The molecule has 0 saturated heterocycles. The summed E-state index contributed by atoms with van der Waals surface area (Å²) < 4.78 is 1.79. The van der Waals surface area contributed by atoms with Crippen LogP contribution < -0.4 is 5.56 Å². The molecular weight excluding hydrogens is 204 g/mol. The van der Waals surface area contributed by atoms with Crippen LogP contribution in [0.5, 0.6) is 5.75 Å². The van der Waals surface area contributed by atoms with Gasteiger partial charge in [0.25, 0.3) is 5.56 Å². The molecule has 84 valence electrons. The van der Waals surface area contributed by atoms with Gasteiger partial charge in [0.15, 0.2) is 0 Å². The molecule has 0 unspecified atom stereocenters. The molecule has 2 N–H and O–H groups in total. The Morgan fingerprint density at radius 1 is 1.31 bits per heavy atom. The summed E-state index contributed by atoms with van der Waals surface area (Å²) in [5.41, 5.74) is 1.48. The van der Waals surface area contributed by atoms with Crippen molar-refractivity contribution < 1.29 is 5.11 Å². The van der Waals surface area contributed by atoms with Crippen LogP contribution in [0.4, 0.5) is 0 Å². The van der Waals surface area contributed by atoms with E-state index in [4.69, 9.17) is 0 Å². The number of hydrogen-bond acceptors (Lipinski definition) is 2. The summed E-state index contributed by atoms with van der Waals surface area (Å²) in [6.45, 7) is 3.98. The third-order valence-corrected chi connectivity index (χ3v) is 2.42. The second-order valence-electron chi connectivity index (χ2n) is 4.02. The van der Waals surface area contributed by atoms with Gasteiger partial charge in [-0.3, -0.25) is 14.6 Å². The van der Waals surface area contributed by atoms with Gasteiger partial charge in [0, 0.05) is 17.7 Å². The van der Waals surface area contributed by atoms with Crippen LogP contribution in [0, 0.1) is 0 Å². The monoisotopic (exact) mass is 218 g/mol. The van der Waals surface area contributed by atoms with Crippen LogP contribution >= 0.6 is 0 Å². The summed E-state index contributed by atoms with van der Waals surface area (Å²) in [7, 11) is 0. The van der Waals surface area contributed by atoms with E-state index in [1.807, 2.05) is 19.9 Å². The first-order chi connectivity index (χ1) is 7.58. The van der Waals surface area contributed by atoms with Gasteiger partial charge in [-0.2, -0.15) is 0 Å². The number of aromatic hydroxyl groups is 1. The van der Waals surface area contributed by atoms with Crippen molar-refractivity contribution in [1.29, 1.82) is 0 Å². The molecule has 4 nitrogen and oxygen atoms in total. The van der Waals surface area contributed by atoms with Crippen molar-refractivity contribution in [3.63, 3.8) is 0 Å². The molecule has 4 heteroatoms. The normalized spacial score (nSPS) is 10.9. The lowest BCUT2D eigenvalue weighted by molar-refractivity contribution is 0.475. The van der Waals surface area contributed by atoms with E-state index in [9.17, 15) is 9.90 Å². The van der Waals surface area contributed by atoms with E-state index >= 15 is 0 Å². The van der Waals surface area contributed by atoms with Gasteiger partial charge < -0.3 is 5.11 Å². The predicted molar refractivity (Wildman–Crippen MR) is 62.5 cm³/mol. The summed E-state index contributed by atoms with van der Waals surface area (Å²) in [5.74, 6) is 0.196. The third kappa shape index (κ3) is 1.86. The minimum Gasteiger partial charge on any atom is -0.508 e. The lowest BCUT2D eigenvalue weighted by atomic mass is 10.1. The average Bonchev–Trinajstić information content (AvgIpc) is 2.60. The first-order valence-electron chi connectivity index (χ1n) is 5.19. The first kappa shape index (κ1) is 10.5. The summed E-state index contributed by atoms with van der Waals surface area (Å²) in [6, 6.07) is 8.57. The zero-order valence-corrected chi connectivity index (χ0v) is 9.27. The van der Waals surface area contributed by atoms with Gasteiger partial charge in [-0.05, 0) is 26.0 Å². The molecular formula is C12H14N2O2. The van der Waals surface area contributed by atoms with E-state index < -0.39 is 0 Å². The van der Waals surface area contributed by atoms with Crippen molar-refractivity contribution in [2.75, 3.05) is 0 Å². The molecule has 0 radical (unpaired) electrons.